The molecule has 0 saturated heterocycles. The summed E-state index contributed by atoms with van der Waals surface area (Å²) in [6.45, 7) is 2.07. The second kappa shape index (κ2) is 5.83. The van der Waals surface area contributed by atoms with E-state index in [2.05, 4.69) is 11.9 Å². The van der Waals surface area contributed by atoms with Crippen LogP contribution in [0.4, 0.5) is 4.39 Å². The van der Waals surface area contributed by atoms with Crippen LogP contribution in [0.25, 0.3) is 0 Å². The largest absolute Gasteiger partial charge is 0.439 e. The summed E-state index contributed by atoms with van der Waals surface area (Å²) in [5, 5.41) is 0. The Morgan fingerprint density at radius 3 is 2.89 bits per heavy atom. The summed E-state index contributed by atoms with van der Waals surface area (Å²) < 4.78 is 18.7. The maximum atomic E-state index is 13.0. The van der Waals surface area contributed by atoms with Gasteiger partial charge in [0.1, 0.15) is 11.6 Å². The van der Waals surface area contributed by atoms with Gasteiger partial charge in [-0.25, -0.2) is 9.37 Å². The first kappa shape index (κ1) is 12.8. The number of rotatable bonds is 4. The first-order chi connectivity index (χ1) is 8.72. The van der Waals surface area contributed by atoms with Gasteiger partial charge in [-0.1, -0.05) is 19.1 Å². The highest BCUT2D eigenvalue weighted by atomic mass is 35.5. The number of hydrogen-bond donors (Lipinski definition) is 0. The summed E-state index contributed by atoms with van der Waals surface area (Å²) >= 11 is 5.74. The van der Waals surface area contributed by atoms with Crippen molar-refractivity contribution in [3.8, 4) is 11.6 Å². The van der Waals surface area contributed by atoms with Crippen molar-refractivity contribution in [3.63, 3.8) is 0 Å². The minimum atomic E-state index is -0.416. The minimum Gasteiger partial charge on any atom is -0.439 e. The van der Waals surface area contributed by atoms with E-state index in [-0.39, 0.29) is 5.88 Å². The molecule has 94 valence electrons. The van der Waals surface area contributed by atoms with E-state index < -0.39 is 5.82 Å². The first-order valence-electron chi connectivity index (χ1n) is 5.70. The molecule has 0 aliphatic rings. The van der Waals surface area contributed by atoms with Crippen LogP contribution in [0.2, 0.25) is 0 Å². The van der Waals surface area contributed by atoms with Gasteiger partial charge in [-0.05, 0) is 30.2 Å². The molecular formula is C14H13ClFNO. The molecular weight excluding hydrogens is 253 g/mol. The van der Waals surface area contributed by atoms with E-state index in [1.165, 1.54) is 11.6 Å². The van der Waals surface area contributed by atoms with E-state index in [1.807, 2.05) is 24.3 Å². The van der Waals surface area contributed by atoms with Crippen molar-refractivity contribution in [1.82, 2.24) is 4.98 Å². The average Bonchev–Trinajstić information content (AvgIpc) is 2.41. The van der Waals surface area contributed by atoms with E-state index in [0.29, 0.717) is 17.2 Å². The Balaban J connectivity index is 2.27. The fraction of sp³-hybridized carbons (Fsp3) is 0.214. The van der Waals surface area contributed by atoms with Crippen molar-refractivity contribution >= 4 is 11.6 Å². The molecule has 1 aromatic carbocycles. The molecule has 4 heteroatoms. The van der Waals surface area contributed by atoms with Crippen LogP contribution in [-0.4, -0.2) is 4.98 Å². The summed E-state index contributed by atoms with van der Waals surface area (Å²) in [5.74, 6) is 0.771. The highest BCUT2D eigenvalue weighted by Crippen LogP contribution is 2.25. The van der Waals surface area contributed by atoms with Gasteiger partial charge in [0, 0.05) is 5.56 Å². The summed E-state index contributed by atoms with van der Waals surface area (Å²) in [4.78, 5) is 3.92. The van der Waals surface area contributed by atoms with Gasteiger partial charge in [-0.3, -0.25) is 0 Å². The van der Waals surface area contributed by atoms with Crippen LogP contribution < -0.4 is 4.74 Å². The van der Waals surface area contributed by atoms with Gasteiger partial charge in [-0.15, -0.1) is 11.6 Å². The van der Waals surface area contributed by atoms with E-state index in [9.17, 15) is 4.39 Å². The Morgan fingerprint density at radius 1 is 1.33 bits per heavy atom. The third-order valence-corrected chi connectivity index (χ3v) is 2.85. The Labute approximate surface area is 110 Å². The standard InChI is InChI=1S/C14H13ClFNO/c1-2-10-4-3-5-13(6-10)18-14-11(8-15)7-12(16)9-17-14/h3-7,9H,2,8H2,1H3. The summed E-state index contributed by atoms with van der Waals surface area (Å²) in [6.07, 6.45) is 2.05. The van der Waals surface area contributed by atoms with Crippen LogP contribution in [0.5, 0.6) is 11.6 Å². The molecule has 0 N–H and O–H groups in total. The fourth-order valence-electron chi connectivity index (χ4n) is 1.60. The molecule has 2 aromatic rings. The summed E-state index contributed by atoms with van der Waals surface area (Å²) in [7, 11) is 0. The zero-order chi connectivity index (χ0) is 13.0. The minimum absolute atomic E-state index is 0.160. The lowest BCUT2D eigenvalue weighted by Gasteiger charge is -2.09. The SMILES string of the molecule is CCc1cccc(Oc2ncc(F)cc2CCl)c1. The van der Waals surface area contributed by atoms with E-state index in [0.717, 1.165) is 12.6 Å². The van der Waals surface area contributed by atoms with E-state index in [1.54, 1.807) is 0 Å². The molecule has 0 spiro atoms. The molecule has 0 aliphatic heterocycles. The zero-order valence-corrected chi connectivity index (χ0v) is 10.7. The van der Waals surface area contributed by atoms with Gasteiger partial charge in [0.05, 0.1) is 12.1 Å². The quantitative estimate of drug-likeness (QED) is 0.769. The van der Waals surface area contributed by atoms with Crippen LogP contribution in [0, 0.1) is 5.82 Å². The average molecular weight is 266 g/mol. The molecule has 0 saturated carbocycles. The lowest BCUT2D eigenvalue weighted by molar-refractivity contribution is 0.453. The lowest BCUT2D eigenvalue weighted by Crippen LogP contribution is -1.95. The number of alkyl halides is 1. The number of hydrogen-bond acceptors (Lipinski definition) is 2. The lowest BCUT2D eigenvalue weighted by atomic mass is 10.2. The number of pyridine rings is 1. The number of aryl methyl sites for hydroxylation is 1. The molecule has 0 atom stereocenters. The smallest absolute Gasteiger partial charge is 0.223 e. The summed E-state index contributed by atoms with van der Waals surface area (Å²) in [6, 6.07) is 9.04. The number of halogens is 2. The molecule has 0 amide bonds. The van der Waals surface area contributed by atoms with Gasteiger partial charge < -0.3 is 4.74 Å². The monoisotopic (exact) mass is 265 g/mol. The van der Waals surface area contributed by atoms with Crippen molar-refractivity contribution in [2.24, 2.45) is 0 Å². The maximum absolute atomic E-state index is 13.0. The molecule has 0 bridgehead atoms. The predicted molar refractivity (Wildman–Crippen MR) is 69.6 cm³/mol. The van der Waals surface area contributed by atoms with Crippen LogP contribution in [-0.2, 0) is 12.3 Å². The van der Waals surface area contributed by atoms with Gasteiger partial charge in [0.25, 0.3) is 0 Å². The Morgan fingerprint density at radius 2 is 2.17 bits per heavy atom. The van der Waals surface area contributed by atoms with Gasteiger partial charge >= 0.3 is 0 Å². The van der Waals surface area contributed by atoms with Crippen LogP contribution in [0.15, 0.2) is 36.5 Å². The van der Waals surface area contributed by atoms with Gasteiger partial charge in [0.2, 0.25) is 5.88 Å². The predicted octanol–water partition coefficient (Wildman–Crippen LogP) is 4.31. The van der Waals surface area contributed by atoms with Gasteiger partial charge in [-0.2, -0.15) is 0 Å². The molecule has 2 nitrogen and oxygen atoms in total. The third-order valence-electron chi connectivity index (χ3n) is 2.56. The molecule has 18 heavy (non-hydrogen) atoms. The molecule has 2 rings (SSSR count). The highest BCUT2D eigenvalue weighted by molar-refractivity contribution is 6.17. The van der Waals surface area contributed by atoms with Crippen molar-refractivity contribution < 1.29 is 9.13 Å². The van der Waals surface area contributed by atoms with E-state index in [4.69, 9.17) is 16.3 Å². The topological polar surface area (TPSA) is 22.1 Å². The fourth-order valence-corrected chi connectivity index (χ4v) is 1.79. The molecule has 0 aliphatic carbocycles. The van der Waals surface area contributed by atoms with Crippen molar-refractivity contribution in [3.05, 3.63) is 53.5 Å². The second-order valence-electron chi connectivity index (χ2n) is 3.85. The normalized spacial score (nSPS) is 10.4. The van der Waals surface area contributed by atoms with Crippen molar-refractivity contribution in [1.29, 1.82) is 0 Å². The third kappa shape index (κ3) is 2.99. The zero-order valence-electron chi connectivity index (χ0n) is 9.99. The Hall–Kier alpha value is -1.61. The maximum Gasteiger partial charge on any atom is 0.223 e. The highest BCUT2D eigenvalue weighted by Gasteiger charge is 2.07. The van der Waals surface area contributed by atoms with E-state index >= 15 is 0 Å². The number of nitrogens with zero attached hydrogens (tertiary/aromatic N) is 1. The molecule has 1 aromatic heterocycles. The van der Waals surface area contributed by atoms with Crippen LogP contribution in [0.1, 0.15) is 18.1 Å². The Kier molecular flexibility index (Phi) is 4.15. The number of benzene rings is 1. The molecule has 0 fully saturated rings. The van der Waals surface area contributed by atoms with Crippen molar-refractivity contribution in [2.45, 2.75) is 19.2 Å². The first-order valence-corrected chi connectivity index (χ1v) is 6.23. The summed E-state index contributed by atoms with van der Waals surface area (Å²) in [5.41, 5.74) is 1.71. The van der Waals surface area contributed by atoms with Gasteiger partial charge in [0.15, 0.2) is 0 Å². The molecule has 0 unspecified atom stereocenters. The van der Waals surface area contributed by atoms with Crippen LogP contribution >= 0.6 is 11.6 Å². The molecule has 0 radical (unpaired) electrons. The molecule has 1 heterocycles. The number of aromatic nitrogens is 1. The van der Waals surface area contributed by atoms with Crippen molar-refractivity contribution in [2.75, 3.05) is 0 Å². The van der Waals surface area contributed by atoms with Crippen LogP contribution in [0.3, 0.4) is 0 Å². The Bertz CT molecular complexity index is 545. The number of ether oxygens (including phenoxy) is 1. The second-order valence-corrected chi connectivity index (χ2v) is 4.12.